The first-order valence-electron chi connectivity index (χ1n) is 6.89. The molecule has 2 heterocycles. The molecule has 3 aromatic rings. The van der Waals surface area contributed by atoms with Crippen molar-refractivity contribution in [1.82, 2.24) is 19.0 Å². The number of aromatic nitrogens is 3. The molecule has 0 spiro atoms. The number of hydrogen-bond acceptors (Lipinski definition) is 6. The van der Waals surface area contributed by atoms with E-state index >= 15 is 0 Å². The third kappa shape index (κ3) is 2.78. The van der Waals surface area contributed by atoms with Crippen LogP contribution in [0.25, 0.3) is 15.8 Å². The van der Waals surface area contributed by atoms with Gasteiger partial charge < -0.3 is 0 Å². The number of nitrogens with zero attached hydrogens (tertiary/aromatic N) is 3. The summed E-state index contributed by atoms with van der Waals surface area (Å²) >= 11 is 0.937. The lowest BCUT2D eigenvalue weighted by Crippen LogP contribution is -2.40. The number of fused-ring (bicyclic) bond motifs is 1. The highest BCUT2D eigenvalue weighted by molar-refractivity contribution is 7.13. The van der Waals surface area contributed by atoms with Crippen LogP contribution in [0.2, 0.25) is 0 Å². The highest BCUT2D eigenvalue weighted by Crippen LogP contribution is 2.27. The summed E-state index contributed by atoms with van der Waals surface area (Å²) in [7, 11) is 0.899. The molecule has 0 saturated heterocycles. The number of carbonyl (C=O) groups is 1. The SMILES string of the molecule is Cn1c(C(F)(F)F)cc(=O)n(-c2ccc3snc(C(=O)NO)c3c2)c1=O. The Morgan fingerprint density at radius 3 is 2.58 bits per heavy atom. The summed E-state index contributed by atoms with van der Waals surface area (Å²) in [5.74, 6) is -0.902. The van der Waals surface area contributed by atoms with Crippen molar-refractivity contribution in [2.45, 2.75) is 6.18 Å². The molecule has 0 radical (unpaired) electrons. The maximum atomic E-state index is 12.9. The topological polar surface area (TPSA) is 106 Å². The zero-order valence-electron chi connectivity index (χ0n) is 12.9. The molecule has 26 heavy (non-hydrogen) atoms. The van der Waals surface area contributed by atoms with Crippen molar-refractivity contribution in [1.29, 1.82) is 0 Å². The average Bonchev–Trinajstić information content (AvgIpc) is 3.00. The van der Waals surface area contributed by atoms with Gasteiger partial charge >= 0.3 is 11.9 Å². The molecular formula is C14H9F3N4O4S. The van der Waals surface area contributed by atoms with Gasteiger partial charge in [0.15, 0.2) is 5.69 Å². The fourth-order valence-electron chi connectivity index (χ4n) is 2.42. The van der Waals surface area contributed by atoms with Gasteiger partial charge in [0.2, 0.25) is 0 Å². The quantitative estimate of drug-likeness (QED) is 0.510. The second kappa shape index (κ2) is 6.07. The molecular weight excluding hydrogens is 377 g/mol. The summed E-state index contributed by atoms with van der Waals surface area (Å²) in [5.41, 5.74) is -2.50. The van der Waals surface area contributed by atoms with Crippen molar-refractivity contribution in [3.63, 3.8) is 0 Å². The summed E-state index contributed by atoms with van der Waals surface area (Å²) in [5, 5.41) is 8.96. The molecule has 2 N–H and O–H groups in total. The molecule has 0 aliphatic heterocycles. The summed E-state index contributed by atoms with van der Waals surface area (Å²) in [6.07, 6.45) is -4.86. The van der Waals surface area contributed by atoms with Gasteiger partial charge in [0.05, 0.1) is 10.4 Å². The van der Waals surface area contributed by atoms with E-state index in [2.05, 4.69) is 4.37 Å². The van der Waals surface area contributed by atoms with Crippen molar-refractivity contribution < 1.29 is 23.2 Å². The molecule has 1 aromatic carbocycles. The number of alkyl halides is 3. The fourth-order valence-corrected chi connectivity index (χ4v) is 3.17. The Hall–Kier alpha value is -2.99. The standard InChI is InChI=1S/C14H9F3N4O4S/c1-20-9(14(15,16)17)5-10(22)21(13(20)24)6-2-3-8-7(4-6)11(19-26-8)12(23)18-25/h2-5,25H,1H3,(H,18,23). The predicted octanol–water partition coefficient (Wildman–Crippen LogP) is 1.28. The monoisotopic (exact) mass is 386 g/mol. The van der Waals surface area contributed by atoms with Gasteiger partial charge in [0.1, 0.15) is 5.69 Å². The molecule has 0 fully saturated rings. The Kier molecular flexibility index (Phi) is 4.16. The number of halogens is 3. The molecule has 0 unspecified atom stereocenters. The van der Waals surface area contributed by atoms with Crippen LogP contribution in [0.1, 0.15) is 16.2 Å². The van der Waals surface area contributed by atoms with Crippen LogP contribution in [0.3, 0.4) is 0 Å². The second-order valence-electron chi connectivity index (χ2n) is 5.20. The average molecular weight is 386 g/mol. The Morgan fingerprint density at radius 1 is 1.27 bits per heavy atom. The van der Waals surface area contributed by atoms with E-state index in [0.29, 0.717) is 19.9 Å². The first kappa shape index (κ1) is 17.8. The minimum absolute atomic E-state index is 0.0379. The minimum atomic E-state index is -4.86. The van der Waals surface area contributed by atoms with Gasteiger partial charge in [-0.15, -0.1) is 0 Å². The summed E-state index contributed by atoms with van der Waals surface area (Å²) in [6.45, 7) is 0. The lowest BCUT2D eigenvalue weighted by Gasteiger charge is -2.14. The molecule has 0 aliphatic carbocycles. The van der Waals surface area contributed by atoms with Crippen LogP contribution in [-0.4, -0.2) is 24.6 Å². The van der Waals surface area contributed by atoms with Crippen LogP contribution < -0.4 is 16.7 Å². The molecule has 0 saturated carbocycles. The van der Waals surface area contributed by atoms with Gasteiger partial charge in [-0.1, -0.05) is 0 Å². The van der Waals surface area contributed by atoms with Crippen molar-refractivity contribution in [2.24, 2.45) is 7.05 Å². The number of nitrogens with one attached hydrogen (secondary N) is 1. The van der Waals surface area contributed by atoms with Crippen LogP contribution in [0.4, 0.5) is 13.2 Å². The lowest BCUT2D eigenvalue weighted by atomic mass is 10.2. The summed E-state index contributed by atoms with van der Waals surface area (Å²) in [4.78, 5) is 36.0. The van der Waals surface area contributed by atoms with E-state index in [1.54, 1.807) is 0 Å². The molecule has 12 heteroatoms. The van der Waals surface area contributed by atoms with E-state index in [1.165, 1.54) is 23.7 Å². The van der Waals surface area contributed by atoms with Crippen LogP contribution in [-0.2, 0) is 13.2 Å². The molecule has 0 atom stereocenters. The van der Waals surface area contributed by atoms with Crippen molar-refractivity contribution >= 4 is 27.5 Å². The largest absolute Gasteiger partial charge is 0.431 e. The highest BCUT2D eigenvalue weighted by Gasteiger charge is 2.35. The van der Waals surface area contributed by atoms with Crippen LogP contribution in [0.5, 0.6) is 0 Å². The maximum Gasteiger partial charge on any atom is 0.431 e. The molecule has 2 aromatic heterocycles. The minimum Gasteiger partial charge on any atom is -0.292 e. The van der Waals surface area contributed by atoms with Gasteiger partial charge in [-0.3, -0.25) is 19.4 Å². The molecule has 0 aliphatic rings. The number of benzene rings is 1. The van der Waals surface area contributed by atoms with Crippen molar-refractivity contribution in [3.8, 4) is 5.69 Å². The van der Waals surface area contributed by atoms with Gasteiger partial charge in [-0.25, -0.2) is 14.8 Å². The lowest BCUT2D eigenvalue weighted by molar-refractivity contribution is -0.144. The summed E-state index contributed by atoms with van der Waals surface area (Å²) < 4.78 is 44.0. The Labute approximate surface area is 145 Å². The van der Waals surface area contributed by atoms with E-state index in [-0.39, 0.29) is 16.8 Å². The van der Waals surface area contributed by atoms with E-state index < -0.39 is 29.0 Å². The molecule has 1 amide bonds. The van der Waals surface area contributed by atoms with Crippen LogP contribution in [0, 0.1) is 0 Å². The van der Waals surface area contributed by atoms with Crippen LogP contribution in [0.15, 0.2) is 33.9 Å². The van der Waals surface area contributed by atoms with Crippen molar-refractivity contribution in [3.05, 3.63) is 56.5 Å². The first-order chi connectivity index (χ1) is 12.1. The third-order valence-corrected chi connectivity index (χ3v) is 4.47. The number of amides is 1. The molecule has 3 rings (SSSR count). The highest BCUT2D eigenvalue weighted by atomic mass is 32.1. The van der Waals surface area contributed by atoms with E-state index in [9.17, 15) is 27.6 Å². The van der Waals surface area contributed by atoms with Gasteiger partial charge in [0.25, 0.3) is 11.5 Å². The van der Waals surface area contributed by atoms with E-state index in [1.807, 2.05) is 0 Å². The number of hydroxylamine groups is 1. The molecule has 8 nitrogen and oxygen atoms in total. The zero-order chi connectivity index (χ0) is 19.2. The first-order valence-corrected chi connectivity index (χ1v) is 7.67. The van der Waals surface area contributed by atoms with Crippen LogP contribution >= 0.6 is 11.5 Å². The third-order valence-electron chi connectivity index (χ3n) is 3.64. The Bertz CT molecular complexity index is 1150. The van der Waals surface area contributed by atoms with Crippen molar-refractivity contribution in [2.75, 3.05) is 0 Å². The van der Waals surface area contributed by atoms with E-state index in [0.717, 1.165) is 18.6 Å². The Balaban J connectivity index is 2.28. The normalized spacial score (nSPS) is 11.7. The van der Waals surface area contributed by atoms with Gasteiger partial charge in [-0.05, 0) is 29.7 Å². The number of rotatable bonds is 2. The number of hydrogen-bond donors (Lipinski definition) is 2. The molecule has 0 bridgehead atoms. The molecule has 136 valence electrons. The summed E-state index contributed by atoms with van der Waals surface area (Å²) in [6, 6.07) is 4.38. The van der Waals surface area contributed by atoms with Gasteiger partial charge in [0, 0.05) is 18.5 Å². The maximum absolute atomic E-state index is 12.9. The second-order valence-corrected chi connectivity index (χ2v) is 6.00. The smallest absolute Gasteiger partial charge is 0.292 e. The Morgan fingerprint density at radius 2 is 1.96 bits per heavy atom. The zero-order valence-corrected chi connectivity index (χ0v) is 13.7. The van der Waals surface area contributed by atoms with E-state index in [4.69, 9.17) is 5.21 Å². The van der Waals surface area contributed by atoms with Gasteiger partial charge in [-0.2, -0.15) is 17.5 Å². The fraction of sp³-hybridized carbons (Fsp3) is 0.143. The predicted molar refractivity (Wildman–Crippen MR) is 84.7 cm³/mol. The number of carbonyl (C=O) groups excluding carboxylic acids is 1.